The number of nitrogens with zero attached hydrogens (tertiary/aromatic N) is 3. The summed E-state index contributed by atoms with van der Waals surface area (Å²) < 4.78 is 30.9. The molecule has 160 valence electrons. The van der Waals surface area contributed by atoms with Crippen LogP contribution in [0.25, 0.3) is 0 Å². The zero-order valence-corrected chi connectivity index (χ0v) is 17.9. The Bertz CT molecular complexity index is 934. The number of rotatable bonds is 3. The average molecular weight is 425 g/mol. The van der Waals surface area contributed by atoms with Crippen molar-refractivity contribution in [3.05, 3.63) is 17.5 Å². The number of aromatic nitrogens is 1. The molecule has 4 rings (SSSR count). The summed E-state index contributed by atoms with van der Waals surface area (Å²) in [4.78, 5) is 27.3. The molecule has 1 aliphatic carbocycles. The lowest BCUT2D eigenvalue weighted by Crippen LogP contribution is -2.49. The van der Waals surface area contributed by atoms with Crippen molar-refractivity contribution in [2.24, 2.45) is 16.7 Å². The molecular weight excluding hydrogens is 396 g/mol. The van der Waals surface area contributed by atoms with Crippen molar-refractivity contribution in [2.75, 3.05) is 39.5 Å². The third-order valence-electron chi connectivity index (χ3n) is 7.36. The number of aryl methyl sites for hydroxylation is 1. The molecular formula is C19H28N4O5S. The topological polar surface area (TPSA) is 113 Å². The lowest BCUT2D eigenvalue weighted by molar-refractivity contribution is -0.132. The third kappa shape index (κ3) is 3.16. The van der Waals surface area contributed by atoms with Gasteiger partial charge in [-0.1, -0.05) is 5.16 Å². The van der Waals surface area contributed by atoms with Gasteiger partial charge in [0.1, 0.15) is 5.76 Å². The van der Waals surface area contributed by atoms with Crippen LogP contribution >= 0.6 is 0 Å². The van der Waals surface area contributed by atoms with Crippen LogP contribution in [0.3, 0.4) is 0 Å². The van der Waals surface area contributed by atoms with Gasteiger partial charge in [-0.05, 0) is 43.9 Å². The Hall–Kier alpha value is -1.94. The highest BCUT2D eigenvalue weighted by molar-refractivity contribution is 7.88. The highest BCUT2D eigenvalue weighted by Crippen LogP contribution is 2.62. The Balaban J connectivity index is 1.55. The molecule has 3 fully saturated rings. The van der Waals surface area contributed by atoms with Gasteiger partial charge in [0.05, 0.1) is 11.7 Å². The van der Waals surface area contributed by atoms with E-state index < -0.39 is 15.4 Å². The van der Waals surface area contributed by atoms with Gasteiger partial charge in [0, 0.05) is 39.3 Å². The van der Waals surface area contributed by atoms with Crippen LogP contribution in [0.15, 0.2) is 10.6 Å². The predicted octanol–water partition coefficient (Wildman–Crippen LogP) is 0.623. The van der Waals surface area contributed by atoms with Crippen molar-refractivity contribution in [2.45, 2.75) is 32.6 Å². The molecule has 2 aliphatic heterocycles. The van der Waals surface area contributed by atoms with Crippen LogP contribution in [0, 0.1) is 23.7 Å². The second-order valence-electron chi connectivity index (χ2n) is 8.82. The van der Waals surface area contributed by atoms with E-state index in [0.717, 1.165) is 19.3 Å². The van der Waals surface area contributed by atoms with Crippen LogP contribution in [-0.4, -0.2) is 74.1 Å². The number of hydrogen-bond donors (Lipinski definition) is 1. The first-order valence-electron chi connectivity index (χ1n) is 10.0. The second kappa shape index (κ2) is 6.80. The highest BCUT2D eigenvalue weighted by Gasteiger charge is 2.65. The fourth-order valence-corrected chi connectivity index (χ4v) is 6.66. The molecule has 29 heavy (non-hydrogen) atoms. The number of hydrogen-bond acceptors (Lipinski definition) is 6. The van der Waals surface area contributed by atoms with E-state index in [-0.39, 0.29) is 29.7 Å². The molecule has 1 N–H and O–H groups in total. The maximum Gasteiger partial charge on any atom is 0.276 e. The van der Waals surface area contributed by atoms with Crippen molar-refractivity contribution in [1.82, 2.24) is 19.7 Å². The Kier molecular flexibility index (Phi) is 4.77. The second-order valence-corrected chi connectivity index (χ2v) is 10.8. The molecule has 3 aliphatic rings. The Morgan fingerprint density at radius 3 is 2.48 bits per heavy atom. The minimum absolute atomic E-state index is 0.0313. The normalized spacial score (nSPS) is 29.2. The van der Waals surface area contributed by atoms with E-state index in [9.17, 15) is 18.0 Å². The molecule has 1 aromatic rings. The Morgan fingerprint density at radius 2 is 1.93 bits per heavy atom. The van der Waals surface area contributed by atoms with Gasteiger partial charge in [0.2, 0.25) is 15.9 Å². The van der Waals surface area contributed by atoms with Gasteiger partial charge in [-0.25, -0.2) is 12.7 Å². The van der Waals surface area contributed by atoms with E-state index in [2.05, 4.69) is 10.5 Å². The summed E-state index contributed by atoms with van der Waals surface area (Å²) >= 11 is 0. The Labute approximate surface area is 170 Å². The van der Waals surface area contributed by atoms with Gasteiger partial charge >= 0.3 is 0 Å². The average Bonchev–Trinajstić information content (AvgIpc) is 3.36. The first-order valence-corrected chi connectivity index (χ1v) is 11.9. The van der Waals surface area contributed by atoms with Crippen molar-refractivity contribution in [3.63, 3.8) is 0 Å². The summed E-state index contributed by atoms with van der Waals surface area (Å²) in [7, 11) is -1.75. The molecule has 3 heterocycles. The van der Waals surface area contributed by atoms with Crippen molar-refractivity contribution in [3.8, 4) is 0 Å². The molecule has 10 heteroatoms. The molecule has 1 saturated carbocycles. The fourth-order valence-electron chi connectivity index (χ4n) is 5.78. The van der Waals surface area contributed by atoms with Gasteiger partial charge in [0.25, 0.3) is 5.91 Å². The molecule has 0 aromatic carbocycles. The SMILES string of the molecule is CNC(=O)[C@]12CCC3(CCN(C(=O)c4cc(C)on4)CC3)[C@H]1CN(S(C)(=O)=O)C2. The van der Waals surface area contributed by atoms with E-state index in [1.165, 1.54) is 10.6 Å². The van der Waals surface area contributed by atoms with E-state index in [1.807, 2.05) is 0 Å². The molecule has 1 aromatic heterocycles. The number of sulfonamides is 1. The van der Waals surface area contributed by atoms with E-state index >= 15 is 0 Å². The predicted molar refractivity (Wildman–Crippen MR) is 104 cm³/mol. The summed E-state index contributed by atoms with van der Waals surface area (Å²) in [5, 5.41) is 6.59. The van der Waals surface area contributed by atoms with Crippen LogP contribution in [-0.2, 0) is 14.8 Å². The molecule has 0 unspecified atom stereocenters. The summed E-state index contributed by atoms with van der Waals surface area (Å²) in [6, 6.07) is 1.64. The molecule has 0 bridgehead atoms. The van der Waals surface area contributed by atoms with E-state index in [0.29, 0.717) is 37.5 Å². The monoisotopic (exact) mass is 424 g/mol. The lowest BCUT2D eigenvalue weighted by Gasteiger charge is -2.44. The number of likely N-dealkylation sites (tertiary alicyclic amines) is 1. The van der Waals surface area contributed by atoms with Crippen LogP contribution in [0.2, 0.25) is 0 Å². The molecule has 9 nitrogen and oxygen atoms in total. The van der Waals surface area contributed by atoms with E-state index in [4.69, 9.17) is 4.52 Å². The lowest BCUT2D eigenvalue weighted by atomic mass is 9.65. The number of carbonyl (C=O) groups is 2. The first-order chi connectivity index (χ1) is 13.6. The van der Waals surface area contributed by atoms with Crippen LogP contribution < -0.4 is 5.32 Å². The standard InChI is InChI=1S/C19H28N4O5S/c1-13-10-14(21-28-13)16(24)22-8-6-18(7-9-22)4-5-19(17(25)20-2)12-23(11-15(18)19)29(3,26)27/h10,15H,4-9,11-12H2,1-3H3,(H,20,25)/t15-,19+/m1/s1. The van der Waals surface area contributed by atoms with Crippen molar-refractivity contribution >= 4 is 21.8 Å². The van der Waals surface area contributed by atoms with Crippen LogP contribution in [0.1, 0.15) is 41.9 Å². The fraction of sp³-hybridized carbons (Fsp3) is 0.737. The summed E-state index contributed by atoms with van der Waals surface area (Å²) in [5.74, 6) is 0.356. The van der Waals surface area contributed by atoms with Crippen molar-refractivity contribution < 1.29 is 22.5 Å². The largest absolute Gasteiger partial charge is 0.361 e. The van der Waals surface area contributed by atoms with Gasteiger partial charge in [-0.3, -0.25) is 9.59 Å². The van der Waals surface area contributed by atoms with Crippen molar-refractivity contribution in [1.29, 1.82) is 0 Å². The number of fused-ring (bicyclic) bond motifs is 2. The maximum atomic E-state index is 12.9. The quantitative estimate of drug-likeness (QED) is 0.761. The van der Waals surface area contributed by atoms with Gasteiger partial charge in [-0.2, -0.15) is 0 Å². The molecule has 0 radical (unpaired) electrons. The number of amides is 2. The smallest absolute Gasteiger partial charge is 0.276 e. The first kappa shape index (κ1) is 20.3. The van der Waals surface area contributed by atoms with Gasteiger partial charge in [0.15, 0.2) is 5.69 Å². The maximum absolute atomic E-state index is 12.9. The molecule has 2 saturated heterocycles. The molecule has 2 atom stereocenters. The minimum atomic E-state index is -3.37. The third-order valence-corrected chi connectivity index (χ3v) is 8.58. The van der Waals surface area contributed by atoms with Crippen LogP contribution in [0.4, 0.5) is 0 Å². The number of nitrogens with one attached hydrogen (secondary N) is 1. The number of piperidine rings is 1. The van der Waals surface area contributed by atoms with E-state index in [1.54, 1.807) is 24.9 Å². The zero-order valence-electron chi connectivity index (χ0n) is 17.1. The highest BCUT2D eigenvalue weighted by atomic mass is 32.2. The zero-order chi connectivity index (χ0) is 21.0. The number of carbonyl (C=O) groups excluding carboxylic acids is 2. The molecule has 2 amide bonds. The Morgan fingerprint density at radius 1 is 1.24 bits per heavy atom. The summed E-state index contributed by atoms with van der Waals surface area (Å²) in [5.41, 5.74) is -0.482. The summed E-state index contributed by atoms with van der Waals surface area (Å²) in [6.07, 6.45) is 4.29. The van der Waals surface area contributed by atoms with Gasteiger partial charge in [-0.15, -0.1) is 0 Å². The molecule has 1 spiro atoms. The minimum Gasteiger partial charge on any atom is -0.361 e. The van der Waals surface area contributed by atoms with Crippen LogP contribution in [0.5, 0.6) is 0 Å². The summed E-state index contributed by atoms with van der Waals surface area (Å²) in [6.45, 7) is 3.52. The van der Waals surface area contributed by atoms with Gasteiger partial charge < -0.3 is 14.7 Å².